The molecule has 5 nitrogen and oxygen atoms in total. The molecule has 1 heterocycles. The van der Waals surface area contributed by atoms with Gasteiger partial charge in [0.25, 0.3) is 0 Å². The van der Waals surface area contributed by atoms with Gasteiger partial charge in [0.1, 0.15) is 5.01 Å². The summed E-state index contributed by atoms with van der Waals surface area (Å²) in [4.78, 5) is 5.54. The average molecular weight is 326 g/mol. The minimum absolute atomic E-state index is 0.0498. The minimum Gasteiger partial charge on any atom is -0.396 e. The summed E-state index contributed by atoms with van der Waals surface area (Å²) < 4.78 is 26.9. The molecule has 1 aromatic carbocycles. The highest BCUT2D eigenvalue weighted by molar-refractivity contribution is 7.89. The molecule has 2 rings (SSSR count). The number of rotatable bonds is 7. The summed E-state index contributed by atoms with van der Waals surface area (Å²) in [6.07, 6.45) is 3.20. The van der Waals surface area contributed by atoms with Crippen molar-refractivity contribution in [3.8, 4) is 0 Å². The van der Waals surface area contributed by atoms with Crippen LogP contribution in [-0.4, -0.2) is 25.1 Å². The number of hydrogen-bond donors (Lipinski definition) is 2. The van der Waals surface area contributed by atoms with Gasteiger partial charge in [0.2, 0.25) is 10.0 Å². The van der Waals surface area contributed by atoms with E-state index in [0.29, 0.717) is 6.42 Å². The van der Waals surface area contributed by atoms with Gasteiger partial charge in [-0.1, -0.05) is 19.1 Å². The number of aromatic nitrogens is 1. The predicted molar refractivity (Wildman–Crippen MR) is 82.7 cm³/mol. The Bertz CT molecular complexity index is 678. The van der Waals surface area contributed by atoms with E-state index in [-0.39, 0.29) is 18.0 Å². The molecule has 0 atom stereocenters. The number of aliphatic hydroxyl groups excluding tert-OH is 1. The Kier molecular flexibility index (Phi) is 5.46. The molecule has 2 aromatic rings. The van der Waals surface area contributed by atoms with Crippen molar-refractivity contribution in [1.82, 2.24) is 9.71 Å². The van der Waals surface area contributed by atoms with Gasteiger partial charge < -0.3 is 5.11 Å². The Morgan fingerprint density at radius 3 is 2.57 bits per heavy atom. The number of hydrogen-bond acceptors (Lipinski definition) is 5. The van der Waals surface area contributed by atoms with Crippen LogP contribution in [0.5, 0.6) is 0 Å². The molecule has 0 unspecified atom stereocenters. The van der Waals surface area contributed by atoms with Gasteiger partial charge in [0.05, 0.1) is 11.4 Å². The van der Waals surface area contributed by atoms with Gasteiger partial charge >= 0.3 is 0 Å². The summed E-state index contributed by atoms with van der Waals surface area (Å²) in [6.45, 7) is 2.29. The monoisotopic (exact) mass is 326 g/mol. The van der Waals surface area contributed by atoms with E-state index < -0.39 is 10.0 Å². The lowest BCUT2D eigenvalue weighted by Crippen LogP contribution is -2.23. The third kappa shape index (κ3) is 4.34. The van der Waals surface area contributed by atoms with E-state index in [1.54, 1.807) is 30.5 Å². The molecule has 0 spiro atoms. The Hall–Kier alpha value is -1.28. The van der Waals surface area contributed by atoms with Crippen LogP contribution >= 0.6 is 11.3 Å². The number of sulfonamides is 1. The molecular formula is C14H18N2O3S2. The van der Waals surface area contributed by atoms with Crippen molar-refractivity contribution in [2.24, 2.45) is 0 Å². The third-order valence-electron chi connectivity index (χ3n) is 3.00. The van der Waals surface area contributed by atoms with Crippen molar-refractivity contribution in [2.75, 3.05) is 6.61 Å². The lowest BCUT2D eigenvalue weighted by atomic mass is 10.2. The van der Waals surface area contributed by atoms with E-state index in [9.17, 15) is 8.42 Å². The highest BCUT2D eigenvalue weighted by atomic mass is 32.2. The first kappa shape index (κ1) is 16.1. The van der Waals surface area contributed by atoms with Crippen LogP contribution in [0.3, 0.4) is 0 Å². The van der Waals surface area contributed by atoms with Crippen molar-refractivity contribution in [1.29, 1.82) is 0 Å². The maximum atomic E-state index is 12.2. The lowest BCUT2D eigenvalue weighted by molar-refractivity contribution is 0.299. The molecule has 2 N–H and O–H groups in total. The Morgan fingerprint density at radius 2 is 2.00 bits per heavy atom. The Morgan fingerprint density at radius 1 is 1.29 bits per heavy atom. The Balaban J connectivity index is 2.03. The van der Waals surface area contributed by atoms with Crippen LogP contribution in [0, 0.1) is 0 Å². The molecule has 0 saturated heterocycles. The average Bonchev–Trinajstić information content (AvgIpc) is 2.94. The van der Waals surface area contributed by atoms with E-state index >= 15 is 0 Å². The van der Waals surface area contributed by atoms with Crippen LogP contribution in [0.2, 0.25) is 0 Å². The van der Waals surface area contributed by atoms with Crippen molar-refractivity contribution in [3.05, 3.63) is 45.9 Å². The summed E-state index contributed by atoms with van der Waals surface area (Å²) in [6, 6.07) is 6.52. The van der Waals surface area contributed by atoms with Crippen LogP contribution in [0.25, 0.3) is 0 Å². The molecular weight excluding hydrogens is 308 g/mol. The second-order valence-electron chi connectivity index (χ2n) is 4.52. The Labute approximate surface area is 128 Å². The van der Waals surface area contributed by atoms with Gasteiger partial charge in [-0.3, -0.25) is 0 Å². The zero-order valence-electron chi connectivity index (χ0n) is 11.7. The van der Waals surface area contributed by atoms with Gasteiger partial charge in [-0.15, -0.1) is 11.3 Å². The normalized spacial score (nSPS) is 11.7. The predicted octanol–water partition coefficient (Wildman–Crippen LogP) is 1.72. The van der Waals surface area contributed by atoms with Crippen molar-refractivity contribution < 1.29 is 13.5 Å². The molecule has 1 aromatic heterocycles. The van der Waals surface area contributed by atoms with E-state index in [1.165, 1.54) is 11.3 Å². The first-order chi connectivity index (χ1) is 10.0. The second kappa shape index (κ2) is 7.13. The van der Waals surface area contributed by atoms with Gasteiger partial charge in [-0.2, -0.15) is 0 Å². The summed E-state index contributed by atoms with van der Waals surface area (Å²) in [5.74, 6) is 0. The van der Waals surface area contributed by atoms with E-state index in [4.69, 9.17) is 5.11 Å². The van der Waals surface area contributed by atoms with Crippen molar-refractivity contribution in [3.63, 3.8) is 0 Å². The van der Waals surface area contributed by atoms with Crippen molar-refractivity contribution in [2.45, 2.75) is 31.2 Å². The first-order valence-electron chi connectivity index (χ1n) is 6.68. The molecule has 0 amide bonds. The maximum Gasteiger partial charge on any atom is 0.240 e. The zero-order chi connectivity index (χ0) is 15.3. The quantitative estimate of drug-likeness (QED) is 0.812. The topological polar surface area (TPSA) is 79.3 Å². The van der Waals surface area contributed by atoms with Gasteiger partial charge in [0.15, 0.2) is 0 Å². The van der Waals surface area contributed by atoms with E-state index in [1.807, 2.05) is 6.92 Å². The molecule has 0 saturated carbocycles. The van der Waals surface area contributed by atoms with E-state index in [2.05, 4.69) is 9.71 Å². The van der Waals surface area contributed by atoms with Crippen LogP contribution in [0.4, 0.5) is 0 Å². The second-order valence-corrected chi connectivity index (χ2v) is 7.48. The molecule has 0 aliphatic heterocycles. The fraction of sp³-hybridized carbons (Fsp3) is 0.357. The number of aliphatic hydroxyl groups is 1. The zero-order valence-corrected chi connectivity index (χ0v) is 13.4. The maximum absolute atomic E-state index is 12.2. The highest BCUT2D eigenvalue weighted by Gasteiger charge is 2.14. The summed E-state index contributed by atoms with van der Waals surface area (Å²) in [7, 11) is -3.53. The lowest BCUT2D eigenvalue weighted by Gasteiger charge is -2.06. The molecule has 7 heteroatoms. The molecule has 0 fully saturated rings. The molecule has 0 bridgehead atoms. The first-order valence-corrected chi connectivity index (χ1v) is 8.98. The number of aryl methyl sites for hydroxylation is 1. The summed E-state index contributed by atoms with van der Waals surface area (Å²) in [5, 5.41) is 9.60. The summed E-state index contributed by atoms with van der Waals surface area (Å²) >= 11 is 1.51. The molecule has 21 heavy (non-hydrogen) atoms. The molecule has 0 aliphatic rings. The van der Waals surface area contributed by atoms with Crippen molar-refractivity contribution >= 4 is 21.4 Å². The fourth-order valence-electron chi connectivity index (χ4n) is 1.80. The molecule has 0 radical (unpaired) electrons. The summed E-state index contributed by atoms with van der Waals surface area (Å²) in [5.41, 5.74) is 0.906. The van der Waals surface area contributed by atoms with Gasteiger partial charge in [0, 0.05) is 17.7 Å². The standard InChI is InChI=1S/C14H18N2O3S2/c1-2-12-9-15-14(20-12)10-16-21(18,19)13-5-3-11(4-6-13)7-8-17/h3-6,9,16-17H,2,7-8,10H2,1H3. The molecule has 114 valence electrons. The number of thiazole rings is 1. The number of nitrogens with zero attached hydrogens (tertiary/aromatic N) is 1. The SMILES string of the molecule is CCc1cnc(CNS(=O)(=O)c2ccc(CCO)cc2)s1. The van der Waals surface area contributed by atoms with Gasteiger partial charge in [-0.25, -0.2) is 18.1 Å². The van der Waals surface area contributed by atoms with Crippen LogP contribution in [0.15, 0.2) is 35.4 Å². The van der Waals surface area contributed by atoms with Crippen LogP contribution < -0.4 is 4.72 Å². The third-order valence-corrected chi connectivity index (χ3v) is 5.56. The fourth-order valence-corrected chi connectivity index (χ4v) is 3.68. The molecule has 0 aliphatic carbocycles. The minimum atomic E-state index is -3.53. The van der Waals surface area contributed by atoms with Crippen LogP contribution in [-0.2, 0) is 29.4 Å². The number of nitrogens with one attached hydrogen (secondary N) is 1. The van der Waals surface area contributed by atoms with E-state index in [0.717, 1.165) is 21.9 Å². The largest absolute Gasteiger partial charge is 0.396 e. The number of benzene rings is 1. The van der Waals surface area contributed by atoms with Crippen LogP contribution in [0.1, 0.15) is 22.4 Å². The highest BCUT2D eigenvalue weighted by Crippen LogP contribution is 2.15. The smallest absolute Gasteiger partial charge is 0.240 e. The van der Waals surface area contributed by atoms with Gasteiger partial charge in [-0.05, 0) is 30.5 Å².